The average molecular weight is 375 g/mol. The molecule has 132 valence electrons. The quantitative estimate of drug-likeness (QED) is 0.477. The van der Waals surface area contributed by atoms with Crippen molar-refractivity contribution in [3.8, 4) is 0 Å². The van der Waals surface area contributed by atoms with Crippen molar-refractivity contribution in [1.82, 2.24) is 19.7 Å². The molecule has 0 amide bonds. The minimum absolute atomic E-state index is 0.128. The number of aromatic amines is 1. The zero-order valence-electron chi connectivity index (χ0n) is 14.7. The van der Waals surface area contributed by atoms with Gasteiger partial charge in [0, 0.05) is 34.8 Å². The number of rotatable bonds is 8. The van der Waals surface area contributed by atoms with Crippen LogP contribution in [0.3, 0.4) is 0 Å². The van der Waals surface area contributed by atoms with Crippen LogP contribution in [0, 0.1) is 13.8 Å². The fourth-order valence-corrected chi connectivity index (χ4v) is 4.21. The molecule has 25 heavy (non-hydrogen) atoms. The Balaban J connectivity index is 1.65. The first kappa shape index (κ1) is 17.9. The van der Waals surface area contributed by atoms with E-state index in [1.165, 1.54) is 16.6 Å². The van der Waals surface area contributed by atoms with Gasteiger partial charge in [-0.3, -0.25) is 9.89 Å². The molecule has 0 unspecified atom stereocenters. The largest absolute Gasteiger partial charge is 0.348 e. The number of hydrogen-bond donors (Lipinski definition) is 1. The standard InChI is InChI=1S/C18H22N4OS2/c1-4-17-19-18(21-20-17)25-11-16(23)15-10-12(2)22(13(15)3)8-7-14-6-5-9-24-14/h5-6,9-10H,4,7-8,11H2,1-3H3,(H,19,20,21). The lowest BCUT2D eigenvalue weighted by atomic mass is 10.2. The van der Waals surface area contributed by atoms with Gasteiger partial charge in [0.15, 0.2) is 5.78 Å². The predicted molar refractivity (Wildman–Crippen MR) is 103 cm³/mol. The van der Waals surface area contributed by atoms with E-state index in [0.29, 0.717) is 10.9 Å². The van der Waals surface area contributed by atoms with Crippen LogP contribution in [0.15, 0.2) is 28.7 Å². The molecular weight excluding hydrogens is 352 g/mol. The van der Waals surface area contributed by atoms with E-state index in [2.05, 4.69) is 44.2 Å². The topological polar surface area (TPSA) is 63.6 Å². The highest BCUT2D eigenvalue weighted by Crippen LogP contribution is 2.21. The number of aryl methyl sites for hydroxylation is 3. The maximum absolute atomic E-state index is 12.6. The van der Waals surface area contributed by atoms with Crippen molar-refractivity contribution in [3.63, 3.8) is 0 Å². The average Bonchev–Trinajstić information content (AvgIpc) is 3.33. The molecule has 0 aliphatic rings. The predicted octanol–water partition coefficient (Wildman–Crippen LogP) is 4.06. The van der Waals surface area contributed by atoms with Crippen molar-refractivity contribution in [2.45, 2.75) is 45.3 Å². The summed E-state index contributed by atoms with van der Waals surface area (Å²) in [5.74, 6) is 1.33. The fourth-order valence-electron chi connectivity index (χ4n) is 2.81. The number of Topliss-reactive ketones (excluding diaryl/α,β-unsaturated/α-hetero) is 1. The van der Waals surface area contributed by atoms with Crippen LogP contribution in [-0.4, -0.2) is 31.3 Å². The Morgan fingerprint density at radius 2 is 2.24 bits per heavy atom. The Hall–Kier alpha value is -1.86. The van der Waals surface area contributed by atoms with Gasteiger partial charge in [0.05, 0.1) is 5.75 Å². The van der Waals surface area contributed by atoms with Crippen molar-refractivity contribution < 1.29 is 4.79 Å². The van der Waals surface area contributed by atoms with Gasteiger partial charge in [-0.05, 0) is 37.8 Å². The van der Waals surface area contributed by atoms with Gasteiger partial charge in [-0.25, -0.2) is 4.98 Å². The first-order valence-corrected chi connectivity index (χ1v) is 10.2. The molecule has 3 rings (SSSR count). The summed E-state index contributed by atoms with van der Waals surface area (Å²) in [5.41, 5.74) is 2.99. The second-order valence-corrected chi connectivity index (χ2v) is 7.87. The summed E-state index contributed by atoms with van der Waals surface area (Å²) >= 11 is 3.16. The van der Waals surface area contributed by atoms with Crippen LogP contribution in [0.25, 0.3) is 0 Å². The van der Waals surface area contributed by atoms with Crippen LogP contribution in [0.5, 0.6) is 0 Å². The van der Waals surface area contributed by atoms with E-state index < -0.39 is 0 Å². The number of ketones is 1. The maximum Gasteiger partial charge on any atom is 0.208 e. The summed E-state index contributed by atoms with van der Waals surface area (Å²) in [6.07, 6.45) is 1.81. The first-order valence-electron chi connectivity index (χ1n) is 8.35. The number of aromatic nitrogens is 4. The molecule has 0 fully saturated rings. The van der Waals surface area contributed by atoms with Gasteiger partial charge in [-0.2, -0.15) is 0 Å². The number of nitrogens with zero attached hydrogens (tertiary/aromatic N) is 3. The Kier molecular flexibility index (Phi) is 5.75. The highest BCUT2D eigenvalue weighted by atomic mass is 32.2. The maximum atomic E-state index is 12.6. The van der Waals surface area contributed by atoms with E-state index in [9.17, 15) is 4.79 Å². The molecule has 0 bridgehead atoms. The normalized spacial score (nSPS) is 11.2. The molecule has 0 atom stereocenters. The Morgan fingerprint density at radius 3 is 2.92 bits per heavy atom. The molecule has 3 aromatic heterocycles. The van der Waals surface area contributed by atoms with E-state index in [0.717, 1.165) is 42.2 Å². The van der Waals surface area contributed by atoms with Gasteiger partial charge in [0.25, 0.3) is 0 Å². The molecule has 0 aliphatic heterocycles. The number of H-pyrrole nitrogens is 1. The number of thiophene rings is 1. The smallest absolute Gasteiger partial charge is 0.208 e. The summed E-state index contributed by atoms with van der Waals surface area (Å²) in [7, 11) is 0. The monoisotopic (exact) mass is 374 g/mol. The first-order chi connectivity index (χ1) is 12.1. The van der Waals surface area contributed by atoms with E-state index >= 15 is 0 Å². The summed E-state index contributed by atoms with van der Waals surface area (Å²) < 4.78 is 2.24. The van der Waals surface area contributed by atoms with Gasteiger partial charge >= 0.3 is 0 Å². The Bertz CT molecular complexity index is 849. The molecule has 0 radical (unpaired) electrons. The van der Waals surface area contributed by atoms with Crippen molar-refractivity contribution in [2.24, 2.45) is 0 Å². The van der Waals surface area contributed by atoms with E-state index in [-0.39, 0.29) is 5.78 Å². The molecule has 0 aliphatic carbocycles. The number of nitrogens with one attached hydrogen (secondary N) is 1. The molecule has 5 nitrogen and oxygen atoms in total. The zero-order valence-corrected chi connectivity index (χ0v) is 16.3. The molecular formula is C18H22N4OS2. The van der Waals surface area contributed by atoms with Crippen LogP contribution < -0.4 is 0 Å². The van der Waals surface area contributed by atoms with E-state index in [4.69, 9.17) is 0 Å². The molecule has 0 aromatic carbocycles. The van der Waals surface area contributed by atoms with E-state index in [1.54, 1.807) is 11.3 Å². The molecule has 1 N–H and O–H groups in total. The number of thioether (sulfide) groups is 1. The molecule has 0 saturated heterocycles. The Morgan fingerprint density at radius 1 is 1.40 bits per heavy atom. The fraction of sp³-hybridized carbons (Fsp3) is 0.389. The molecule has 0 saturated carbocycles. The van der Waals surface area contributed by atoms with Gasteiger partial charge in [0.1, 0.15) is 5.82 Å². The lowest BCUT2D eigenvalue weighted by Crippen LogP contribution is -2.08. The van der Waals surface area contributed by atoms with Crippen LogP contribution in [-0.2, 0) is 19.4 Å². The summed E-state index contributed by atoms with van der Waals surface area (Å²) in [6.45, 7) is 7.01. The SMILES string of the molecule is CCc1nc(SCC(=O)c2cc(C)n(CCc3cccs3)c2C)n[nH]1. The molecule has 0 spiro atoms. The summed E-state index contributed by atoms with van der Waals surface area (Å²) in [5, 5.41) is 9.74. The number of carbonyl (C=O) groups excluding carboxylic acids is 1. The van der Waals surface area contributed by atoms with Gasteiger partial charge in [0.2, 0.25) is 5.16 Å². The second-order valence-electron chi connectivity index (χ2n) is 5.90. The highest BCUT2D eigenvalue weighted by Gasteiger charge is 2.17. The van der Waals surface area contributed by atoms with Crippen molar-refractivity contribution in [2.75, 3.05) is 5.75 Å². The third-order valence-electron chi connectivity index (χ3n) is 4.21. The number of carbonyl (C=O) groups is 1. The van der Waals surface area contributed by atoms with Crippen LogP contribution in [0.2, 0.25) is 0 Å². The van der Waals surface area contributed by atoms with Crippen molar-refractivity contribution in [3.05, 3.63) is 51.2 Å². The summed E-state index contributed by atoms with van der Waals surface area (Å²) in [6, 6.07) is 6.24. The van der Waals surface area contributed by atoms with Crippen molar-refractivity contribution in [1.29, 1.82) is 0 Å². The zero-order chi connectivity index (χ0) is 17.8. The van der Waals surface area contributed by atoms with Crippen LogP contribution in [0.4, 0.5) is 0 Å². The number of hydrogen-bond acceptors (Lipinski definition) is 5. The third kappa shape index (κ3) is 4.22. The highest BCUT2D eigenvalue weighted by molar-refractivity contribution is 7.99. The molecule has 3 aromatic rings. The molecule has 3 heterocycles. The lowest BCUT2D eigenvalue weighted by molar-refractivity contribution is 0.102. The lowest BCUT2D eigenvalue weighted by Gasteiger charge is -2.09. The van der Waals surface area contributed by atoms with Gasteiger partial charge in [-0.15, -0.1) is 16.4 Å². The van der Waals surface area contributed by atoms with Crippen LogP contribution in [0.1, 0.15) is 39.4 Å². The Labute approximate surface area is 155 Å². The summed E-state index contributed by atoms with van der Waals surface area (Å²) in [4.78, 5) is 18.3. The van der Waals surface area contributed by atoms with Crippen LogP contribution >= 0.6 is 23.1 Å². The second kappa shape index (κ2) is 8.01. The van der Waals surface area contributed by atoms with Gasteiger partial charge < -0.3 is 4.57 Å². The van der Waals surface area contributed by atoms with Crippen molar-refractivity contribution >= 4 is 28.9 Å². The van der Waals surface area contributed by atoms with Gasteiger partial charge in [-0.1, -0.05) is 24.8 Å². The third-order valence-corrected chi connectivity index (χ3v) is 6.00. The molecule has 7 heteroatoms. The van der Waals surface area contributed by atoms with E-state index in [1.807, 2.05) is 19.9 Å². The minimum Gasteiger partial charge on any atom is -0.348 e. The minimum atomic E-state index is 0.128.